The number of carbonyl (C=O) groups excluding carboxylic acids is 1. The van der Waals surface area contributed by atoms with Crippen molar-refractivity contribution in [3.8, 4) is 16.9 Å². The number of hydrogen-bond acceptors (Lipinski definition) is 3. The average Bonchev–Trinajstić information content (AvgIpc) is 3.19. The summed E-state index contributed by atoms with van der Waals surface area (Å²) in [5.74, 6) is -0.634. The molecular formula is C22H17FN4O. The normalized spacial score (nSPS) is 10.6. The number of nitrogens with one attached hydrogen (secondary N) is 1. The van der Waals surface area contributed by atoms with Gasteiger partial charge in [-0.1, -0.05) is 36.4 Å². The molecule has 0 spiro atoms. The van der Waals surface area contributed by atoms with Crippen LogP contribution in [0, 0.1) is 5.82 Å². The van der Waals surface area contributed by atoms with Gasteiger partial charge in [0.25, 0.3) is 5.91 Å². The monoisotopic (exact) mass is 372 g/mol. The Bertz CT molecular complexity index is 1080. The Morgan fingerprint density at radius 2 is 1.71 bits per heavy atom. The molecule has 2 aromatic heterocycles. The van der Waals surface area contributed by atoms with E-state index in [1.807, 2.05) is 48.5 Å². The molecule has 0 aliphatic carbocycles. The summed E-state index contributed by atoms with van der Waals surface area (Å²) in [5, 5.41) is 7.44. The molecule has 0 atom stereocenters. The van der Waals surface area contributed by atoms with Gasteiger partial charge in [0.05, 0.1) is 23.6 Å². The zero-order valence-electron chi connectivity index (χ0n) is 14.9. The highest BCUT2D eigenvalue weighted by Crippen LogP contribution is 2.22. The van der Waals surface area contributed by atoms with E-state index in [1.54, 1.807) is 24.4 Å². The maximum Gasteiger partial charge on any atom is 0.270 e. The van der Waals surface area contributed by atoms with Crippen LogP contribution in [0.3, 0.4) is 0 Å². The zero-order valence-corrected chi connectivity index (χ0v) is 14.9. The molecule has 0 radical (unpaired) electrons. The topological polar surface area (TPSA) is 59.8 Å². The number of benzene rings is 2. The highest BCUT2D eigenvalue weighted by Gasteiger charge is 2.17. The summed E-state index contributed by atoms with van der Waals surface area (Å²) in [6, 6.07) is 22.7. The fraction of sp³-hybridized carbons (Fsp3) is 0.0455. The van der Waals surface area contributed by atoms with E-state index in [9.17, 15) is 9.18 Å². The van der Waals surface area contributed by atoms with Gasteiger partial charge >= 0.3 is 0 Å². The van der Waals surface area contributed by atoms with E-state index in [0.29, 0.717) is 23.6 Å². The van der Waals surface area contributed by atoms with E-state index in [1.165, 1.54) is 16.8 Å². The lowest BCUT2D eigenvalue weighted by atomic mass is 10.1. The van der Waals surface area contributed by atoms with Crippen LogP contribution in [0.4, 0.5) is 4.39 Å². The molecule has 138 valence electrons. The number of rotatable bonds is 5. The van der Waals surface area contributed by atoms with Gasteiger partial charge in [0.1, 0.15) is 11.5 Å². The molecule has 0 aliphatic rings. The molecule has 28 heavy (non-hydrogen) atoms. The highest BCUT2D eigenvalue weighted by molar-refractivity contribution is 5.94. The van der Waals surface area contributed by atoms with Crippen LogP contribution in [0.25, 0.3) is 16.9 Å². The average molecular weight is 372 g/mol. The highest BCUT2D eigenvalue weighted by atomic mass is 19.1. The Balaban J connectivity index is 1.68. The first-order chi connectivity index (χ1) is 13.7. The van der Waals surface area contributed by atoms with Crippen molar-refractivity contribution in [1.82, 2.24) is 20.1 Å². The quantitative estimate of drug-likeness (QED) is 0.576. The molecule has 5 nitrogen and oxygen atoms in total. The largest absolute Gasteiger partial charge is 0.345 e. The van der Waals surface area contributed by atoms with Crippen LogP contribution in [0.15, 0.2) is 85.1 Å². The number of hydrogen-bond donors (Lipinski definition) is 1. The van der Waals surface area contributed by atoms with Gasteiger partial charge in [-0.3, -0.25) is 9.78 Å². The Morgan fingerprint density at radius 3 is 2.43 bits per heavy atom. The third-order valence-corrected chi connectivity index (χ3v) is 4.24. The Hall–Kier alpha value is -3.80. The van der Waals surface area contributed by atoms with Crippen LogP contribution in [0.5, 0.6) is 0 Å². The van der Waals surface area contributed by atoms with Gasteiger partial charge in [-0.15, -0.1) is 0 Å². The lowest BCUT2D eigenvalue weighted by Crippen LogP contribution is -2.25. The molecule has 0 aliphatic heterocycles. The Labute approximate surface area is 161 Å². The van der Waals surface area contributed by atoms with Crippen molar-refractivity contribution in [1.29, 1.82) is 0 Å². The molecule has 4 aromatic rings. The number of halogens is 1. The summed E-state index contributed by atoms with van der Waals surface area (Å²) in [7, 11) is 0. The van der Waals surface area contributed by atoms with Crippen molar-refractivity contribution in [2.45, 2.75) is 6.54 Å². The van der Waals surface area contributed by atoms with Gasteiger partial charge < -0.3 is 5.32 Å². The third-order valence-electron chi connectivity index (χ3n) is 4.24. The lowest BCUT2D eigenvalue weighted by molar-refractivity contribution is 0.0942. The molecule has 4 rings (SSSR count). The number of nitrogens with zero attached hydrogens (tertiary/aromatic N) is 3. The van der Waals surface area contributed by atoms with Crippen molar-refractivity contribution in [2.24, 2.45) is 0 Å². The van der Waals surface area contributed by atoms with Gasteiger partial charge in [0.2, 0.25) is 0 Å². The molecule has 0 bridgehead atoms. The van der Waals surface area contributed by atoms with E-state index in [2.05, 4.69) is 15.4 Å². The predicted molar refractivity (Wildman–Crippen MR) is 104 cm³/mol. The molecule has 6 heteroatoms. The number of carbonyl (C=O) groups is 1. The fourth-order valence-electron chi connectivity index (χ4n) is 2.84. The second kappa shape index (κ2) is 7.84. The summed E-state index contributed by atoms with van der Waals surface area (Å²) >= 11 is 0. The van der Waals surface area contributed by atoms with Gasteiger partial charge in [-0.2, -0.15) is 5.10 Å². The van der Waals surface area contributed by atoms with Gasteiger partial charge in [-0.05, 0) is 42.5 Å². The molecule has 2 aromatic carbocycles. The van der Waals surface area contributed by atoms with Crippen molar-refractivity contribution < 1.29 is 9.18 Å². The smallest absolute Gasteiger partial charge is 0.270 e. The van der Waals surface area contributed by atoms with Crippen LogP contribution in [0.1, 0.15) is 16.2 Å². The summed E-state index contributed by atoms with van der Waals surface area (Å²) in [6.45, 7) is 0.301. The van der Waals surface area contributed by atoms with Crippen LogP contribution < -0.4 is 5.32 Å². The standard InChI is InChI=1S/C22H17FN4O/c23-17-9-11-19(12-10-17)27-21(14-20(26-27)16-6-2-1-3-7-16)22(28)25-15-18-8-4-5-13-24-18/h1-14H,15H2,(H,25,28). The molecule has 0 unspecified atom stereocenters. The molecule has 0 saturated heterocycles. The summed E-state index contributed by atoms with van der Waals surface area (Å²) in [5.41, 5.74) is 3.27. The summed E-state index contributed by atoms with van der Waals surface area (Å²) in [6.07, 6.45) is 1.68. The first kappa shape index (κ1) is 17.6. The first-order valence-electron chi connectivity index (χ1n) is 8.80. The van der Waals surface area contributed by atoms with Crippen LogP contribution in [-0.4, -0.2) is 20.7 Å². The number of aromatic nitrogens is 3. The van der Waals surface area contributed by atoms with E-state index < -0.39 is 0 Å². The lowest BCUT2D eigenvalue weighted by Gasteiger charge is -2.08. The SMILES string of the molecule is O=C(NCc1ccccn1)c1cc(-c2ccccc2)nn1-c1ccc(F)cc1. The second-order valence-corrected chi connectivity index (χ2v) is 6.17. The van der Waals surface area contributed by atoms with Crippen molar-refractivity contribution in [2.75, 3.05) is 0 Å². The maximum atomic E-state index is 13.3. The maximum absolute atomic E-state index is 13.3. The Kier molecular flexibility index (Phi) is 4.93. The molecular weight excluding hydrogens is 355 g/mol. The zero-order chi connectivity index (χ0) is 19.3. The Morgan fingerprint density at radius 1 is 0.964 bits per heavy atom. The molecule has 0 saturated carbocycles. The molecule has 0 fully saturated rings. The van der Waals surface area contributed by atoms with E-state index in [0.717, 1.165) is 11.3 Å². The molecule has 1 amide bonds. The van der Waals surface area contributed by atoms with Gasteiger partial charge in [-0.25, -0.2) is 9.07 Å². The number of pyridine rings is 1. The first-order valence-corrected chi connectivity index (χ1v) is 8.80. The predicted octanol–water partition coefficient (Wildman–Crippen LogP) is 4.00. The van der Waals surface area contributed by atoms with E-state index in [-0.39, 0.29) is 11.7 Å². The third kappa shape index (κ3) is 3.81. The van der Waals surface area contributed by atoms with Gasteiger partial charge in [0, 0.05) is 11.8 Å². The van der Waals surface area contributed by atoms with Crippen molar-refractivity contribution in [3.05, 3.63) is 102 Å². The minimum atomic E-state index is -0.347. The van der Waals surface area contributed by atoms with Crippen molar-refractivity contribution in [3.63, 3.8) is 0 Å². The summed E-state index contributed by atoms with van der Waals surface area (Å²) < 4.78 is 14.8. The van der Waals surface area contributed by atoms with Crippen LogP contribution in [0.2, 0.25) is 0 Å². The second-order valence-electron chi connectivity index (χ2n) is 6.17. The summed E-state index contributed by atoms with van der Waals surface area (Å²) in [4.78, 5) is 17.1. The van der Waals surface area contributed by atoms with Crippen LogP contribution in [-0.2, 0) is 6.54 Å². The van der Waals surface area contributed by atoms with E-state index >= 15 is 0 Å². The minimum Gasteiger partial charge on any atom is -0.345 e. The van der Waals surface area contributed by atoms with Gasteiger partial charge in [0.15, 0.2) is 0 Å². The van der Waals surface area contributed by atoms with Crippen LogP contribution >= 0.6 is 0 Å². The van der Waals surface area contributed by atoms with Crippen molar-refractivity contribution >= 4 is 5.91 Å². The molecule has 2 heterocycles. The van der Waals surface area contributed by atoms with E-state index in [4.69, 9.17) is 0 Å². The number of amides is 1. The molecule has 1 N–H and O–H groups in total. The minimum absolute atomic E-state index is 0.287. The fourth-order valence-corrected chi connectivity index (χ4v) is 2.84.